The molecular weight excluding hydrogens is 222 g/mol. The summed E-state index contributed by atoms with van der Waals surface area (Å²) in [6, 6.07) is 0. The summed E-state index contributed by atoms with van der Waals surface area (Å²) in [5.74, 6) is 2.06. The zero-order valence-corrected chi connectivity index (χ0v) is 12.7. The highest BCUT2D eigenvalue weighted by molar-refractivity contribution is 5.39. The van der Waals surface area contributed by atoms with E-state index in [2.05, 4.69) is 39.2 Å². The van der Waals surface area contributed by atoms with Crippen molar-refractivity contribution in [2.45, 2.75) is 73.3 Å². The van der Waals surface area contributed by atoms with E-state index in [4.69, 9.17) is 10.7 Å². The molecule has 3 heteroatoms. The predicted molar refractivity (Wildman–Crippen MR) is 78.7 cm³/mol. The van der Waals surface area contributed by atoms with E-state index in [-0.39, 0.29) is 5.41 Å². The summed E-state index contributed by atoms with van der Waals surface area (Å²) in [4.78, 5) is 4.78. The smallest absolute Gasteiger partial charge is 0.126 e. The molecule has 0 fully saturated rings. The molecule has 0 saturated heterocycles. The summed E-state index contributed by atoms with van der Waals surface area (Å²) < 4.78 is 2.23. The maximum atomic E-state index is 6.28. The van der Waals surface area contributed by atoms with Gasteiger partial charge in [0, 0.05) is 13.0 Å². The number of anilines is 1. The molecule has 1 aromatic heterocycles. The van der Waals surface area contributed by atoms with Gasteiger partial charge in [-0.3, -0.25) is 0 Å². The van der Waals surface area contributed by atoms with Gasteiger partial charge in [-0.2, -0.15) is 0 Å². The van der Waals surface area contributed by atoms with Crippen LogP contribution in [0.1, 0.15) is 65.4 Å². The molecule has 1 aromatic rings. The number of hydrogen-bond donors (Lipinski definition) is 1. The van der Waals surface area contributed by atoms with E-state index < -0.39 is 0 Å². The third-order valence-corrected chi connectivity index (χ3v) is 3.07. The number of nitrogen functional groups attached to an aromatic ring is 1. The van der Waals surface area contributed by atoms with Crippen LogP contribution in [0.15, 0.2) is 0 Å². The molecule has 0 amide bonds. The van der Waals surface area contributed by atoms with Crippen LogP contribution in [0, 0.1) is 5.41 Å². The fourth-order valence-corrected chi connectivity index (χ4v) is 2.18. The van der Waals surface area contributed by atoms with Gasteiger partial charge in [0.25, 0.3) is 0 Å². The Hall–Kier alpha value is -0.990. The molecule has 0 aliphatic rings. The number of unbranched alkanes of at least 4 members (excludes halogenated alkanes) is 1. The molecule has 1 heterocycles. The van der Waals surface area contributed by atoms with E-state index in [1.165, 1.54) is 18.7 Å². The molecule has 0 aliphatic carbocycles. The van der Waals surface area contributed by atoms with Crippen LogP contribution in [0.3, 0.4) is 0 Å². The summed E-state index contributed by atoms with van der Waals surface area (Å²) in [6.45, 7) is 12.1. The molecule has 0 bridgehead atoms. The lowest BCUT2D eigenvalue weighted by atomic mass is 9.90. The van der Waals surface area contributed by atoms with Gasteiger partial charge >= 0.3 is 0 Å². The van der Waals surface area contributed by atoms with Crippen molar-refractivity contribution in [3.8, 4) is 0 Å². The molecule has 0 saturated carbocycles. The highest BCUT2D eigenvalue weighted by atomic mass is 15.1. The first kappa shape index (κ1) is 15.1. The predicted octanol–water partition coefficient (Wildman–Crippen LogP) is 3.81. The second-order valence-corrected chi connectivity index (χ2v) is 6.35. The summed E-state index contributed by atoms with van der Waals surface area (Å²) in [6.07, 6.45) is 5.47. The second kappa shape index (κ2) is 6.26. The van der Waals surface area contributed by atoms with Crippen LogP contribution < -0.4 is 5.73 Å². The first-order valence-electron chi connectivity index (χ1n) is 7.22. The zero-order chi connectivity index (χ0) is 13.8. The molecule has 0 radical (unpaired) electrons. The van der Waals surface area contributed by atoms with Crippen molar-refractivity contribution in [1.29, 1.82) is 0 Å². The van der Waals surface area contributed by atoms with Gasteiger partial charge in [-0.25, -0.2) is 4.98 Å². The van der Waals surface area contributed by atoms with E-state index in [0.717, 1.165) is 37.3 Å². The minimum Gasteiger partial charge on any atom is -0.384 e. The maximum Gasteiger partial charge on any atom is 0.126 e. The third-order valence-electron chi connectivity index (χ3n) is 3.07. The first-order valence-corrected chi connectivity index (χ1v) is 7.22. The number of nitrogens with zero attached hydrogens (tertiary/aromatic N) is 2. The van der Waals surface area contributed by atoms with Crippen molar-refractivity contribution in [3.05, 3.63) is 11.5 Å². The number of aryl methyl sites for hydroxylation is 1. The van der Waals surface area contributed by atoms with Crippen LogP contribution in [0.4, 0.5) is 5.82 Å². The van der Waals surface area contributed by atoms with E-state index >= 15 is 0 Å². The molecule has 0 spiro atoms. The fourth-order valence-electron chi connectivity index (χ4n) is 2.18. The highest BCUT2D eigenvalue weighted by Crippen LogP contribution is 2.25. The van der Waals surface area contributed by atoms with Crippen molar-refractivity contribution in [3.63, 3.8) is 0 Å². The molecule has 3 nitrogen and oxygen atoms in total. The Kier molecular flexibility index (Phi) is 5.24. The zero-order valence-electron chi connectivity index (χ0n) is 12.7. The van der Waals surface area contributed by atoms with Crippen molar-refractivity contribution in [1.82, 2.24) is 9.55 Å². The number of rotatable bonds is 6. The third kappa shape index (κ3) is 4.04. The van der Waals surface area contributed by atoms with Crippen molar-refractivity contribution >= 4 is 5.82 Å². The van der Waals surface area contributed by atoms with Gasteiger partial charge in [-0.1, -0.05) is 41.0 Å². The Bertz CT molecular complexity index is 372. The standard InChI is InChI=1S/C15H29N3/c1-6-8-10-18-13(9-7-2)17-12(14(18)16)11-15(3,4)5/h6-11,16H2,1-5H3. The molecule has 0 atom stereocenters. The van der Waals surface area contributed by atoms with Gasteiger partial charge in [-0.15, -0.1) is 0 Å². The summed E-state index contributed by atoms with van der Waals surface area (Å²) in [5.41, 5.74) is 7.61. The molecule has 0 aliphatic heterocycles. The van der Waals surface area contributed by atoms with Crippen LogP contribution in [0.5, 0.6) is 0 Å². The number of hydrogen-bond acceptors (Lipinski definition) is 2. The lowest BCUT2D eigenvalue weighted by Gasteiger charge is -2.16. The Morgan fingerprint density at radius 3 is 2.33 bits per heavy atom. The van der Waals surface area contributed by atoms with E-state index in [9.17, 15) is 0 Å². The van der Waals surface area contributed by atoms with Crippen LogP contribution in [0.25, 0.3) is 0 Å². The van der Waals surface area contributed by atoms with Gasteiger partial charge in [-0.05, 0) is 24.7 Å². The molecule has 2 N–H and O–H groups in total. The first-order chi connectivity index (χ1) is 8.39. The average molecular weight is 251 g/mol. The van der Waals surface area contributed by atoms with Crippen molar-refractivity contribution in [2.24, 2.45) is 5.41 Å². The number of nitrogens with two attached hydrogens (primary N) is 1. The van der Waals surface area contributed by atoms with Gasteiger partial charge < -0.3 is 10.3 Å². The topological polar surface area (TPSA) is 43.8 Å². The van der Waals surface area contributed by atoms with Gasteiger partial charge in [0.05, 0.1) is 5.69 Å². The SMILES string of the molecule is CCCCn1c(CCC)nc(CC(C)(C)C)c1N. The van der Waals surface area contributed by atoms with E-state index in [1.54, 1.807) is 0 Å². The molecule has 0 aromatic carbocycles. The maximum absolute atomic E-state index is 6.28. The minimum atomic E-state index is 0.238. The molecule has 104 valence electrons. The van der Waals surface area contributed by atoms with Gasteiger partial charge in [0.2, 0.25) is 0 Å². The summed E-state index contributed by atoms with van der Waals surface area (Å²) >= 11 is 0. The van der Waals surface area contributed by atoms with E-state index in [0.29, 0.717) is 0 Å². The second-order valence-electron chi connectivity index (χ2n) is 6.35. The Morgan fingerprint density at radius 1 is 1.17 bits per heavy atom. The molecule has 0 unspecified atom stereocenters. The van der Waals surface area contributed by atoms with Crippen LogP contribution in [0.2, 0.25) is 0 Å². The molecule has 18 heavy (non-hydrogen) atoms. The van der Waals surface area contributed by atoms with Crippen LogP contribution in [-0.4, -0.2) is 9.55 Å². The summed E-state index contributed by atoms with van der Waals surface area (Å²) in [5, 5.41) is 0. The fraction of sp³-hybridized carbons (Fsp3) is 0.800. The van der Waals surface area contributed by atoms with Crippen LogP contribution >= 0.6 is 0 Å². The average Bonchev–Trinajstić information content (AvgIpc) is 2.52. The summed E-state index contributed by atoms with van der Waals surface area (Å²) in [7, 11) is 0. The molecular formula is C15H29N3. The van der Waals surface area contributed by atoms with Crippen molar-refractivity contribution < 1.29 is 0 Å². The minimum absolute atomic E-state index is 0.238. The Morgan fingerprint density at radius 2 is 1.83 bits per heavy atom. The monoisotopic (exact) mass is 251 g/mol. The quantitative estimate of drug-likeness (QED) is 0.835. The lowest BCUT2D eigenvalue weighted by molar-refractivity contribution is 0.407. The largest absolute Gasteiger partial charge is 0.384 e. The van der Waals surface area contributed by atoms with Crippen molar-refractivity contribution in [2.75, 3.05) is 5.73 Å². The van der Waals surface area contributed by atoms with E-state index in [1.807, 2.05) is 0 Å². The highest BCUT2D eigenvalue weighted by Gasteiger charge is 2.19. The normalized spacial score (nSPS) is 12.1. The van der Waals surface area contributed by atoms with Crippen LogP contribution in [-0.2, 0) is 19.4 Å². The lowest BCUT2D eigenvalue weighted by Crippen LogP contribution is -2.12. The number of imidazole rings is 1. The number of aromatic nitrogens is 2. The Balaban J connectivity index is 2.98. The van der Waals surface area contributed by atoms with Gasteiger partial charge in [0.15, 0.2) is 0 Å². The Labute approximate surface area is 112 Å². The van der Waals surface area contributed by atoms with Gasteiger partial charge in [0.1, 0.15) is 11.6 Å². The molecule has 1 rings (SSSR count).